The van der Waals surface area contributed by atoms with Crippen molar-refractivity contribution in [2.45, 2.75) is 45.6 Å². The van der Waals surface area contributed by atoms with Gasteiger partial charge in [-0.25, -0.2) is 0 Å². The predicted octanol–water partition coefficient (Wildman–Crippen LogP) is 4.14. The first kappa shape index (κ1) is 21.6. The van der Waals surface area contributed by atoms with E-state index < -0.39 is 0 Å². The Labute approximate surface area is 167 Å². The summed E-state index contributed by atoms with van der Waals surface area (Å²) in [4.78, 5) is 14.6. The van der Waals surface area contributed by atoms with Gasteiger partial charge in [0.05, 0.1) is 18.7 Å². The highest BCUT2D eigenvalue weighted by molar-refractivity contribution is 6.32. The maximum atomic E-state index is 12.1. The number of nitrogens with one attached hydrogen (secondary N) is 1. The van der Waals surface area contributed by atoms with Gasteiger partial charge in [-0.2, -0.15) is 0 Å². The smallest absolute Gasteiger partial charge is 0.243 e. The SMILES string of the molecule is CCOc1cc(/C=C/C(=O)NCCCN2CCCC[C@@H]2C)cc(Cl)c1OC. The zero-order chi connectivity index (χ0) is 19.6. The molecule has 1 fully saturated rings. The number of hydrogen-bond acceptors (Lipinski definition) is 4. The van der Waals surface area contributed by atoms with Gasteiger partial charge >= 0.3 is 0 Å². The van der Waals surface area contributed by atoms with Crippen LogP contribution in [-0.2, 0) is 4.79 Å². The van der Waals surface area contributed by atoms with Crippen LogP contribution in [-0.4, -0.2) is 50.2 Å². The molecule has 0 saturated carbocycles. The molecule has 2 rings (SSSR count). The molecule has 1 saturated heterocycles. The summed E-state index contributed by atoms with van der Waals surface area (Å²) in [5.74, 6) is 0.974. The van der Waals surface area contributed by atoms with Crippen molar-refractivity contribution in [2.24, 2.45) is 0 Å². The van der Waals surface area contributed by atoms with Gasteiger partial charge in [-0.05, 0) is 63.4 Å². The minimum absolute atomic E-state index is 0.105. The highest BCUT2D eigenvalue weighted by Crippen LogP contribution is 2.36. The molecule has 150 valence electrons. The van der Waals surface area contributed by atoms with Crippen LogP contribution in [0.3, 0.4) is 0 Å². The molecule has 6 heteroatoms. The van der Waals surface area contributed by atoms with Gasteiger partial charge in [0.1, 0.15) is 0 Å². The number of nitrogens with zero attached hydrogens (tertiary/aromatic N) is 1. The summed E-state index contributed by atoms with van der Waals surface area (Å²) in [6.07, 6.45) is 8.12. The minimum Gasteiger partial charge on any atom is -0.491 e. The fourth-order valence-electron chi connectivity index (χ4n) is 3.36. The van der Waals surface area contributed by atoms with E-state index in [4.69, 9.17) is 21.1 Å². The molecule has 1 heterocycles. The van der Waals surface area contributed by atoms with Crippen molar-refractivity contribution in [3.05, 3.63) is 28.8 Å². The number of methoxy groups -OCH3 is 1. The number of carbonyl (C=O) groups excluding carboxylic acids is 1. The molecule has 0 unspecified atom stereocenters. The molecule has 0 spiro atoms. The van der Waals surface area contributed by atoms with Crippen molar-refractivity contribution in [1.29, 1.82) is 0 Å². The number of likely N-dealkylation sites (tertiary alicyclic amines) is 1. The lowest BCUT2D eigenvalue weighted by Gasteiger charge is -2.33. The molecule has 1 aromatic rings. The average Bonchev–Trinajstić information content (AvgIpc) is 2.65. The quantitative estimate of drug-likeness (QED) is 0.505. The van der Waals surface area contributed by atoms with Crippen LogP contribution in [0.2, 0.25) is 5.02 Å². The van der Waals surface area contributed by atoms with Crippen LogP contribution in [0, 0.1) is 0 Å². The van der Waals surface area contributed by atoms with E-state index in [0.717, 1.165) is 18.5 Å². The van der Waals surface area contributed by atoms with Gasteiger partial charge in [0, 0.05) is 25.2 Å². The number of halogens is 1. The van der Waals surface area contributed by atoms with E-state index in [1.54, 1.807) is 19.3 Å². The van der Waals surface area contributed by atoms with Crippen LogP contribution >= 0.6 is 11.6 Å². The van der Waals surface area contributed by atoms with Gasteiger partial charge in [-0.1, -0.05) is 18.0 Å². The molecule has 0 aromatic heterocycles. The summed E-state index contributed by atoms with van der Waals surface area (Å²) in [7, 11) is 1.55. The van der Waals surface area contributed by atoms with E-state index in [1.807, 2.05) is 13.0 Å². The Bertz CT molecular complexity index is 649. The third kappa shape index (κ3) is 6.74. The van der Waals surface area contributed by atoms with Crippen LogP contribution in [0.1, 0.15) is 45.1 Å². The van der Waals surface area contributed by atoms with Crippen LogP contribution in [0.4, 0.5) is 0 Å². The summed E-state index contributed by atoms with van der Waals surface area (Å²) >= 11 is 6.23. The van der Waals surface area contributed by atoms with Crippen molar-refractivity contribution in [1.82, 2.24) is 10.2 Å². The first-order valence-corrected chi connectivity index (χ1v) is 10.1. The monoisotopic (exact) mass is 394 g/mol. The van der Waals surface area contributed by atoms with Crippen LogP contribution in [0.15, 0.2) is 18.2 Å². The van der Waals surface area contributed by atoms with E-state index >= 15 is 0 Å². The summed E-state index contributed by atoms with van der Waals surface area (Å²) in [5.41, 5.74) is 0.793. The van der Waals surface area contributed by atoms with Crippen molar-refractivity contribution in [3.8, 4) is 11.5 Å². The third-order valence-corrected chi connectivity index (χ3v) is 5.11. The molecular weight excluding hydrogens is 364 g/mol. The van der Waals surface area contributed by atoms with E-state index in [0.29, 0.717) is 35.7 Å². The Morgan fingerprint density at radius 2 is 2.22 bits per heavy atom. The van der Waals surface area contributed by atoms with E-state index in [1.165, 1.54) is 31.9 Å². The second kappa shape index (κ2) is 11.2. The predicted molar refractivity (Wildman–Crippen MR) is 111 cm³/mol. The van der Waals surface area contributed by atoms with Crippen molar-refractivity contribution >= 4 is 23.6 Å². The molecule has 1 atom stereocenters. The van der Waals surface area contributed by atoms with Gasteiger partial charge < -0.3 is 19.7 Å². The summed E-state index contributed by atoms with van der Waals surface area (Å²) in [6.45, 7) is 7.59. The molecule has 0 aliphatic carbocycles. The van der Waals surface area contributed by atoms with Gasteiger partial charge in [0.15, 0.2) is 11.5 Å². The zero-order valence-corrected chi connectivity index (χ0v) is 17.3. The van der Waals surface area contributed by atoms with E-state index in [9.17, 15) is 4.79 Å². The molecular formula is C21H31ClN2O3. The summed E-state index contributed by atoms with van der Waals surface area (Å²) in [6, 6.07) is 4.23. The number of carbonyl (C=O) groups is 1. The molecule has 1 amide bonds. The van der Waals surface area contributed by atoms with Gasteiger partial charge in [-0.15, -0.1) is 0 Å². The van der Waals surface area contributed by atoms with Crippen molar-refractivity contribution in [3.63, 3.8) is 0 Å². The number of rotatable bonds is 9. The standard InChI is InChI=1S/C21H31ClN2O3/c1-4-27-19-15-17(14-18(22)21(19)26-3)9-10-20(25)23-11-7-13-24-12-6-5-8-16(24)2/h9-10,14-16H,4-8,11-13H2,1-3H3,(H,23,25)/b10-9+/t16-/m0/s1. The Balaban J connectivity index is 1.81. The fraction of sp³-hybridized carbons (Fsp3) is 0.571. The molecule has 1 aliphatic rings. The lowest BCUT2D eigenvalue weighted by molar-refractivity contribution is -0.116. The molecule has 5 nitrogen and oxygen atoms in total. The maximum Gasteiger partial charge on any atom is 0.243 e. The Kier molecular flexibility index (Phi) is 8.95. The second-order valence-corrected chi connectivity index (χ2v) is 7.23. The van der Waals surface area contributed by atoms with Crippen molar-refractivity contribution in [2.75, 3.05) is 33.4 Å². The van der Waals surface area contributed by atoms with Crippen LogP contribution in [0.25, 0.3) is 6.08 Å². The van der Waals surface area contributed by atoms with Gasteiger partial charge in [0.25, 0.3) is 0 Å². The molecule has 0 radical (unpaired) electrons. The minimum atomic E-state index is -0.105. The van der Waals surface area contributed by atoms with Crippen LogP contribution in [0.5, 0.6) is 11.5 Å². The Morgan fingerprint density at radius 3 is 2.93 bits per heavy atom. The number of benzene rings is 1. The second-order valence-electron chi connectivity index (χ2n) is 6.83. The van der Waals surface area contributed by atoms with E-state index in [-0.39, 0.29) is 5.91 Å². The average molecular weight is 395 g/mol. The largest absolute Gasteiger partial charge is 0.491 e. The van der Waals surface area contributed by atoms with E-state index in [2.05, 4.69) is 17.1 Å². The maximum absolute atomic E-state index is 12.1. The lowest BCUT2D eigenvalue weighted by Crippen LogP contribution is -2.39. The number of piperidine rings is 1. The number of amides is 1. The molecule has 1 aliphatic heterocycles. The first-order valence-electron chi connectivity index (χ1n) is 9.75. The normalized spacial score (nSPS) is 17.9. The zero-order valence-electron chi connectivity index (χ0n) is 16.6. The number of ether oxygens (including phenoxy) is 2. The lowest BCUT2D eigenvalue weighted by atomic mass is 10.0. The number of hydrogen-bond donors (Lipinski definition) is 1. The third-order valence-electron chi connectivity index (χ3n) is 4.82. The summed E-state index contributed by atoms with van der Waals surface area (Å²) < 4.78 is 10.8. The molecule has 1 aromatic carbocycles. The van der Waals surface area contributed by atoms with Gasteiger partial charge in [-0.3, -0.25) is 4.79 Å². The molecule has 1 N–H and O–H groups in total. The van der Waals surface area contributed by atoms with Gasteiger partial charge in [0.2, 0.25) is 5.91 Å². The highest BCUT2D eigenvalue weighted by Gasteiger charge is 2.17. The van der Waals surface area contributed by atoms with Crippen molar-refractivity contribution < 1.29 is 14.3 Å². The topological polar surface area (TPSA) is 50.8 Å². The molecule has 0 bridgehead atoms. The van der Waals surface area contributed by atoms with Crippen LogP contribution < -0.4 is 14.8 Å². The first-order chi connectivity index (χ1) is 13.0. The highest BCUT2D eigenvalue weighted by atomic mass is 35.5. The fourth-order valence-corrected chi connectivity index (χ4v) is 3.66. The summed E-state index contributed by atoms with van der Waals surface area (Å²) in [5, 5.41) is 3.40. The molecule has 27 heavy (non-hydrogen) atoms. The Hall–Kier alpha value is -1.72. The Morgan fingerprint density at radius 1 is 1.41 bits per heavy atom.